The van der Waals surface area contributed by atoms with Gasteiger partial charge in [0.1, 0.15) is 12.6 Å². The number of benzene rings is 2. The van der Waals surface area contributed by atoms with E-state index in [1.165, 1.54) is 19.2 Å². The van der Waals surface area contributed by atoms with Gasteiger partial charge in [-0.3, -0.25) is 4.79 Å². The number of amides is 1. The monoisotopic (exact) mass is 698 g/mol. The molecule has 0 saturated carbocycles. The largest absolute Gasteiger partial charge is 0.569 e. The molecule has 1 amide bonds. The molecule has 262 valence electrons. The number of likely N-dealkylation sites (N-methyl/N-ethyl adjacent to an activating group) is 1. The third-order valence-electron chi connectivity index (χ3n) is 7.25. The van der Waals surface area contributed by atoms with Crippen molar-refractivity contribution >= 4 is 22.1 Å². The lowest BCUT2D eigenvalue weighted by molar-refractivity contribution is -0.715. The molecule has 0 unspecified atom stereocenters. The zero-order valence-corrected chi connectivity index (χ0v) is 27.9. The average Bonchev–Trinajstić information content (AvgIpc) is 3.49. The Hall–Kier alpha value is -4.87. The van der Waals surface area contributed by atoms with Gasteiger partial charge in [0.05, 0.1) is 34.2 Å². The van der Waals surface area contributed by atoms with Crippen LogP contribution in [-0.2, 0) is 35.3 Å². The van der Waals surface area contributed by atoms with Crippen molar-refractivity contribution < 1.29 is 50.5 Å². The van der Waals surface area contributed by atoms with Crippen LogP contribution in [0, 0.1) is 24.0 Å². The SMILES string of the molecule is CC[C@@H](C)[C@@H](COC(=O)NS(=O)(=O)c1ccc(-n2nc(C(F)(F)F)cc2-c2ccc(C)cc2)cc1)N(C)[N+]([O-])=NOCOC(=O)C(C)C. The summed E-state index contributed by atoms with van der Waals surface area (Å²) in [6.07, 6.45) is -5.52. The van der Waals surface area contributed by atoms with Gasteiger partial charge in [-0.25, -0.2) is 22.6 Å². The lowest BCUT2D eigenvalue weighted by Gasteiger charge is -2.27. The van der Waals surface area contributed by atoms with Gasteiger partial charge < -0.3 is 19.5 Å². The van der Waals surface area contributed by atoms with Crippen molar-refractivity contribution in [2.45, 2.75) is 58.2 Å². The molecule has 0 aliphatic carbocycles. The molecule has 2 aromatic carbocycles. The predicted octanol–water partition coefficient (Wildman–Crippen LogP) is 5.59. The van der Waals surface area contributed by atoms with Crippen LogP contribution >= 0.6 is 0 Å². The number of alkyl halides is 3. The smallest absolute Gasteiger partial charge is 0.435 e. The molecule has 0 bridgehead atoms. The average molecular weight is 699 g/mol. The van der Waals surface area contributed by atoms with E-state index in [9.17, 15) is 36.4 Å². The van der Waals surface area contributed by atoms with E-state index in [2.05, 4.69) is 10.4 Å². The first-order valence-corrected chi connectivity index (χ1v) is 16.2. The van der Waals surface area contributed by atoms with Crippen molar-refractivity contribution in [2.24, 2.45) is 17.1 Å². The van der Waals surface area contributed by atoms with E-state index in [0.29, 0.717) is 12.0 Å². The van der Waals surface area contributed by atoms with Crippen LogP contribution in [0.1, 0.15) is 45.4 Å². The van der Waals surface area contributed by atoms with Gasteiger partial charge in [0.2, 0.25) is 5.28 Å². The normalized spacial score (nSPS) is 13.5. The molecule has 3 rings (SSSR count). The number of nitrogens with zero attached hydrogens (tertiary/aromatic N) is 5. The van der Waals surface area contributed by atoms with Crippen LogP contribution in [0.15, 0.2) is 64.8 Å². The van der Waals surface area contributed by atoms with E-state index in [1.54, 1.807) is 49.8 Å². The molecular weight excluding hydrogens is 661 g/mol. The maximum absolute atomic E-state index is 13.5. The first kappa shape index (κ1) is 37.6. The summed E-state index contributed by atoms with van der Waals surface area (Å²) in [6, 6.07) is 11.6. The van der Waals surface area contributed by atoms with Gasteiger partial charge in [0.15, 0.2) is 5.69 Å². The Morgan fingerprint density at radius 2 is 1.71 bits per heavy atom. The van der Waals surface area contributed by atoms with Gasteiger partial charge in [-0.15, -0.1) is 5.01 Å². The lowest BCUT2D eigenvalue weighted by Crippen LogP contribution is -2.45. The standard InChI is InChI=1S/C30H37F3N6O8S/c1-7-21(5)26(37(6)39(42)36-47-18-46-28(40)19(2)3)17-45-29(41)35-48(43,44)24-14-12-23(13-15-24)38-25(16-27(34-38)30(31,32)33)22-10-8-20(4)9-11-22/h8-16,19,21,26H,7,17-18H2,1-6H3,(H,35,41)/t21-,26-/m1/s1. The van der Waals surface area contributed by atoms with Crippen molar-refractivity contribution in [3.63, 3.8) is 0 Å². The highest BCUT2D eigenvalue weighted by Crippen LogP contribution is 2.33. The van der Waals surface area contributed by atoms with Gasteiger partial charge in [-0.05, 0) is 43.2 Å². The van der Waals surface area contributed by atoms with Crippen molar-refractivity contribution in [1.82, 2.24) is 19.5 Å². The molecule has 48 heavy (non-hydrogen) atoms. The number of aryl methyl sites for hydroxylation is 1. The summed E-state index contributed by atoms with van der Waals surface area (Å²) in [7, 11) is -3.14. The first-order chi connectivity index (χ1) is 22.4. The molecule has 0 saturated heterocycles. The van der Waals surface area contributed by atoms with E-state index >= 15 is 0 Å². The number of hydrogen-bond donors (Lipinski definition) is 1. The number of sulfonamides is 1. The van der Waals surface area contributed by atoms with Crippen LogP contribution in [0.25, 0.3) is 16.9 Å². The van der Waals surface area contributed by atoms with Crippen molar-refractivity contribution in [3.8, 4) is 16.9 Å². The third-order valence-corrected chi connectivity index (χ3v) is 8.57. The highest BCUT2D eigenvalue weighted by Gasteiger charge is 2.35. The van der Waals surface area contributed by atoms with E-state index < -0.39 is 59.3 Å². The van der Waals surface area contributed by atoms with Crippen LogP contribution in [0.5, 0.6) is 0 Å². The zero-order chi connectivity index (χ0) is 35.8. The predicted molar refractivity (Wildman–Crippen MR) is 164 cm³/mol. The second-order valence-electron chi connectivity index (χ2n) is 11.1. The number of nitrogens with one attached hydrogen (secondary N) is 1. The molecule has 2 atom stereocenters. The van der Waals surface area contributed by atoms with E-state index in [1.807, 2.05) is 13.8 Å². The van der Waals surface area contributed by atoms with E-state index in [-0.39, 0.29) is 27.2 Å². The van der Waals surface area contributed by atoms with Gasteiger partial charge in [-0.2, -0.15) is 18.3 Å². The zero-order valence-electron chi connectivity index (χ0n) is 27.1. The summed E-state index contributed by atoms with van der Waals surface area (Å²) in [4.78, 5) is 28.5. The Morgan fingerprint density at radius 3 is 2.27 bits per heavy atom. The summed E-state index contributed by atoms with van der Waals surface area (Å²) < 4.78 is 79.2. The second kappa shape index (κ2) is 15.8. The third kappa shape index (κ3) is 9.82. The van der Waals surface area contributed by atoms with Gasteiger partial charge in [0, 0.05) is 5.56 Å². The van der Waals surface area contributed by atoms with Gasteiger partial charge >= 0.3 is 18.2 Å². The highest BCUT2D eigenvalue weighted by atomic mass is 32.2. The molecule has 3 aromatic rings. The molecular formula is C30H37F3N6O8S. The van der Waals surface area contributed by atoms with E-state index in [0.717, 1.165) is 33.5 Å². The maximum atomic E-state index is 13.5. The molecule has 0 radical (unpaired) electrons. The van der Waals surface area contributed by atoms with Crippen molar-refractivity contribution in [2.75, 3.05) is 20.4 Å². The molecule has 0 aliphatic rings. The number of carbonyl (C=O) groups is 2. The quantitative estimate of drug-likeness (QED) is 0.0560. The fraction of sp³-hybridized carbons (Fsp3) is 0.433. The minimum atomic E-state index is -4.72. The summed E-state index contributed by atoms with van der Waals surface area (Å²) in [6.45, 7) is 7.63. The number of carbonyl (C=O) groups excluding carboxylic acids is 2. The van der Waals surface area contributed by atoms with Crippen LogP contribution in [-0.4, -0.2) is 66.7 Å². The Morgan fingerprint density at radius 1 is 1.08 bits per heavy atom. The maximum Gasteiger partial charge on any atom is 0.435 e. The Kier molecular flexibility index (Phi) is 12.4. The number of aromatic nitrogens is 2. The van der Waals surface area contributed by atoms with E-state index in [4.69, 9.17) is 14.3 Å². The highest BCUT2D eigenvalue weighted by molar-refractivity contribution is 7.90. The molecule has 1 N–H and O–H groups in total. The number of rotatable bonds is 14. The van der Waals surface area contributed by atoms with Crippen LogP contribution in [0.3, 0.4) is 0 Å². The topological polar surface area (TPSA) is 167 Å². The number of ether oxygens (including phenoxy) is 2. The Bertz CT molecular complexity index is 1690. The molecule has 0 fully saturated rings. The lowest BCUT2D eigenvalue weighted by atomic mass is 10.00. The summed E-state index contributed by atoms with van der Waals surface area (Å²) in [5, 5.41) is 20.5. The first-order valence-electron chi connectivity index (χ1n) is 14.7. The van der Waals surface area contributed by atoms with Gasteiger partial charge in [-0.1, -0.05) is 63.9 Å². The summed E-state index contributed by atoms with van der Waals surface area (Å²) in [5.74, 6) is -1.21. The summed E-state index contributed by atoms with van der Waals surface area (Å²) >= 11 is 0. The fourth-order valence-corrected chi connectivity index (χ4v) is 5.08. The van der Waals surface area contributed by atoms with Crippen LogP contribution < -0.4 is 4.72 Å². The number of halogens is 3. The minimum absolute atomic E-state index is 0.0705. The minimum Gasteiger partial charge on any atom is -0.569 e. The number of hydrogen-bond acceptors (Lipinski definition) is 10. The Labute approximate surface area is 275 Å². The fourth-order valence-electron chi connectivity index (χ4n) is 4.19. The van der Waals surface area contributed by atoms with Crippen molar-refractivity contribution in [3.05, 3.63) is 71.1 Å². The molecule has 14 nitrogen and oxygen atoms in total. The molecule has 18 heteroatoms. The second-order valence-corrected chi connectivity index (χ2v) is 12.8. The molecule has 1 heterocycles. The molecule has 0 spiro atoms. The van der Waals surface area contributed by atoms with Crippen LogP contribution in [0.4, 0.5) is 18.0 Å². The molecule has 0 aliphatic heterocycles. The number of hydrazine groups is 1. The summed E-state index contributed by atoms with van der Waals surface area (Å²) in [5.41, 5.74) is 0.496. The van der Waals surface area contributed by atoms with Crippen molar-refractivity contribution in [1.29, 1.82) is 0 Å². The van der Waals surface area contributed by atoms with Crippen LogP contribution in [0.2, 0.25) is 0 Å². The molecule has 1 aromatic heterocycles. The number of esters is 1. The Balaban J connectivity index is 1.71. The van der Waals surface area contributed by atoms with Gasteiger partial charge in [0.25, 0.3) is 16.8 Å².